The quantitative estimate of drug-likeness (QED) is 0.245. The fraction of sp³-hybridized carbons (Fsp3) is 0.406. The maximum absolute atomic E-state index is 13.4. The summed E-state index contributed by atoms with van der Waals surface area (Å²) in [5, 5.41) is 2.59. The van der Waals surface area contributed by atoms with Crippen LogP contribution in [0.15, 0.2) is 72.8 Å². The molecule has 1 N–H and O–H groups in total. The first-order valence-electron chi connectivity index (χ1n) is 14.0. The zero-order chi connectivity index (χ0) is 30.3. The Morgan fingerprint density at radius 3 is 2.14 bits per heavy atom. The number of hydrogen-bond acceptors (Lipinski definition) is 3. The van der Waals surface area contributed by atoms with Crippen molar-refractivity contribution in [1.29, 1.82) is 0 Å². The molecule has 0 aromatic heterocycles. The molecule has 4 nitrogen and oxygen atoms in total. The first kappa shape index (κ1) is 31.4. The average Bonchev–Trinajstić information content (AvgIpc) is 2.96. The highest BCUT2D eigenvalue weighted by Gasteiger charge is 2.37. The summed E-state index contributed by atoms with van der Waals surface area (Å²) >= 11 is 0. The molecule has 1 amide bonds. The largest absolute Gasteiger partial charge is 0.494 e. The van der Waals surface area contributed by atoms with Crippen LogP contribution in [-0.4, -0.2) is 37.0 Å². The Morgan fingerprint density at radius 2 is 1.55 bits per heavy atom. The number of nitrogens with one attached hydrogen (secondary N) is 1. The van der Waals surface area contributed by atoms with Crippen molar-refractivity contribution in [3.63, 3.8) is 0 Å². The smallest absolute Gasteiger partial charge is 0.416 e. The van der Waals surface area contributed by atoms with Gasteiger partial charge in [0.1, 0.15) is 5.75 Å². The summed E-state index contributed by atoms with van der Waals surface area (Å²) in [4.78, 5) is 15.7. The maximum atomic E-state index is 13.4. The van der Waals surface area contributed by atoms with Crippen molar-refractivity contribution in [1.82, 2.24) is 10.2 Å². The molecule has 1 unspecified atom stereocenters. The first-order chi connectivity index (χ1) is 19.9. The van der Waals surface area contributed by atoms with Gasteiger partial charge in [-0.2, -0.15) is 26.3 Å². The molecule has 1 fully saturated rings. The van der Waals surface area contributed by atoms with E-state index in [2.05, 4.69) is 22.3 Å². The Bertz CT molecular complexity index is 1290. The van der Waals surface area contributed by atoms with Gasteiger partial charge in [-0.05, 0) is 98.8 Å². The molecule has 226 valence electrons. The van der Waals surface area contributed by atoms with Crippen LogP contribution in [-0.2, 0) is 23.7 Å². The van der Waals surface area contributed by atoms with Gasteiger partial charge >= 0.3 is 12.4 Å². The summed E-state index contributed by atoms with van der Waals surface area (Å²) in [6.07, 6.45) is -7.53. The lowest BCUT2D eigenvalue weighted by molar-refractivity contribution is -0.143. The van der Waals surface area contributed by atoms with Crippen molar-refractivity contribution in [2.75, 3.05) is 26.2 Å². The summed E-state index contributed by atoms with van der Waals surface area (Å²) in [6.45, 7) is 4.11. The molecular weight excluding hydrogens is 558 g/mol. The van der Waals surface area contributed by atoms with E-state index < -0.39 is 41.8 Å². The van der Waals surface area contributed by atoms with E-state index in [0.29, 0.717) is 48.9 Å². The number of benzene rings is 3. The van der Waals surface area contributed by atoms with Crippen LogP contribution < -0.4 is 10.1 Å². The molecule has 0 spiro atoms. The molecule has 1 aliphatic rings. The number of alkyl halides is 6. The summed E-state index contributed by atoms with van der Waals surface area (Å²) in [5.41, 5.74) is -1.14. The van der Waals surface area contributed by atoms with E-state index in [1.54, 1.807) is 24.3 Å². The van der Waals surface area contributed by atoms with Crippen molar-refractivity contribution < 1.29 is 35.9 Å². The van der Waals surface area contributed by atoms with Gasteiger partial charge in [0.05, 0.1) is 23.7 Å². The van der Waals surface area contributed by atoms with Crippen LogP contribution in [0.5, 0.6) is 5.75 Å². The highest BCUT2D eigenvalue weighted by molar-refractivity contribution is 5.83. The van der Waals surface area contributed by atoms with Crippen LogP contribution in [0.1, 0.15) is 65.8 Å². The standard InChI is InChI=1S/C32H34F6N2O2/c1-2-42-28-10-6-9-25(19-28)29(13-16-40-14-11-24(12-15-40)23-7-4-3-5-8-23)30(41)39-21-22-17-26(31(33,34)35)20-27(18-22)32(36,37)38/h3-10,17-20,24,29H,2,11-16,21H2,1H3,(H,39,41). The summed E-state index contributed by atoms with van der Waals surface area (Å²) in [7, 11) is 0. The van der Waals surface area contributed by atoms with E-state index in [-0.39, 0.29) is 11.6 Å². The number of amides is 1. The number of piperidine rings is 1. The zero-order valence-electron chi connectivity index (χ0n) is 23.3. The van der Waals surface area contributed by atoms with Crippen molar-refractivity contribution in [2.45, 2.75) is 56.9 Å². The molecule has 0 bridgehead atoms. The van der Waals surface area contributed by atoms with Gasteiger partial charge in [0.25, 0.3) is 0 Å². The van der Waals surface area contributed by atoms with E-state index >= 15 is 0 Å². The molecule has 0 saturated carbocycles. The lowest BCUT2D eigenvalue weighted by Gasteiger charge is -2.33. The monoisotopic (exact) mass is 592 g/mol. The van der Waals surface area contributed by atoms with Crippen molar-refractivity contribution >= 4 is 5.91 Å². The van der Waals surface area contributed by atoms with Gasteiger partial charge in [-0.3, -0.25) is 4.79 Å². The van der Waals surface area contributed by atoms with Gasteiger partial charge in [0.2, 0.25) is 5.91 Å². The zero-order valence-corrected chi connectivity index (χ0v) is 23.3. The number of ether oxygens (including phenoxy) is 1. The fourth-order valence-electron chi connectivity index (χ4n) is 5.40. The molecule has 3 aromatic carbocycles. The molecule has 42 heavy (non-hydrogen) atoms. The van der Waals surface area contributed by atoms with Crippen LogP contribution in [0.25, 0.3) is 0 Å². The lowest BCUT2D eigenvalue weighted by Crippen LogP contribution is -2.36. The Morgan fingerprint density at radius 1 is 0.905 bits per heavy atom. The minimum absolute atomic E-state index is 0.0777. The summed E-state index contributed by atoms with van der Waals surface area (Å²) in [5.74, 6) is -0.110. The summed E-state index contributed by atoms with van der Waals surface area (Å²) < 4.78 is 85.5. The van der Waals surface area contributed by atoms with Crippen LogP contribution >= 0.6 is 0 Å². The molecule has 4 rings (SSSR count). The Balaban J connectivity index is 1.47. The predicted octanol–water partition coefficient (Wildman–Crippen LogP) is 7.79. The Labute approximate surface area is 241 Å². The van der Waals surface area contributed by atoms with Crippen molar-refractivity contribution in [2.24, 2.45) is 0 Å². The van der Waals surface area contributed by atoms with Gasteiger partial charge in [0, 0.05) is 6.54 Å². The molecule has 1 atom stereocenters. The molecule has 1 heterocycles. The predicted molar refractivity (Wildman–Crippen MR) is 148 cm³/mol. The third kappa shape index (κ3) is 8.50. The van der Waals surface area contributed by atoms with Gasteiger partial charge in [-0.1, -0.05) is 42.5 Å². The van der Waals surface area contributed by atoms with Gasteiger partial charge < -0.3 is 15.0 Å². The lowest BCUT2D eigenvalue weighted by atomic mass is 9.89. The Hall–Kier alpha value is -3.53. The molecule has 0 aliphatic carbocycles. The van der Waals surface area contributed by atoms with Crippen molar-refractivity contribution in [3.8, 4) is 5.75 Å². The van der Waals surface area contributed by atoms with Gasteiger partial charge in [-0.15, -0.1) is 0 Å². The highest BCUT2D eigenvalue weighted by atomic mass is 19.4. The minimum atomic E-state index is -4.96. The topological polar surface area (TPSA) is 41.6 Å². The molecule has 10 heteroatoms. The number of halogens is 6. The molecule has 0 radical (unpaired) electrons. The van der Waals surface area contributed by atoms with Crippen LogP contribution in [0.4, 0.5) is 26.3 Å². The van der Waals surface area contributed by atoms with Crippen molar-refractivity contribution in [3.05, 3.63) is 101 Å². The number of carbonyl (C=O) groups is 1. The molecular formula is C32H34F6N2O2. The SMILES string of the molecule is CCOc1cccc(C(CCN2CCC(c3ccccc3)CC2)C(=O)NCc2cc(C(F)(F)F)cc(C(F)(F)F)c2)c1. The average molecular weight is 593 g/mol. The second kappa shape index (κ2) is 13.6. The number of rotatable bonds is 10. The van der Waals surface area contributed by atoms with Crippen LogP contribution in [0, 0.1) is 0 Å². The normalized spacial score (nSPS) is 15.8. The fourth-order valence-corrected chi connectivity index (χ4v) is 5.40. The highest BCUT2D eigenvalue weighted by Crippen LogP contribution is 2.36. The number of hydrogen-bond donors (Lipinski definition) is 1. The second-order valence-electron chi connectivity index (χ2n) is 10.5. The maximum Gasteiger partial charge on any atom is 0.416 e. The molecule has 1 aliphatic heterocycles. The number of nitrogens with zero attached hydrogens (tertiary/aromatic N) is 1. The van der Waals surface area contributed by atoms with E-state index in [1.165, 1.54) is 5.56 Å². The van der Waals surface area contributed by atoms with E-state index in [0.717, 1.165) is 25.9 Å². The summed E-state index contributed by atoms with van der Waals surface area (Å²) in [6, 6.07) is 18.7. The number of likely N-dealkylation sites (tertiary alicyclic amines) is 1. The minimum Gasteiger partial charge on any atom is -0.494 e. The van der Waals surface area contributed by atoms with E-state index in [9.17, 15) is 31.1 Å². The Kier molecular flexibility index (Phi) is 10.2. The van der Waals surface area contributed by atoms with Crippen LogP contribution in [0.3, 0.4) is 0 Å². The molecule has 3 aromatic rings. The van der Waals surface area contributed by atoms with Gasteiger partial charge in [-0.25, -0.2) is 0 Å². The number of carbonyl (C=O) groups excluding carboxylic acids is 1. The molecule has 1 saturated heterocycles. The third-order valence-electron chi connectivity index (χ3n) is 7.59. The second-order valence-corrected chi connectivity index (χ2v) is 10.5. The van der Waals surface area contributed by atoms with Gasteiger partial charge in [0.15, 0.2) is 0 Å². The van der Waals surface area contributed by atoms with Crippen LogP contribution in [0.2, 0.25) is 0 Å². The van der Waals surface area contributed by atoms with E-state index in [4.69, 9.17) is 4.74 Å². The first-order valence-corrected chi connectivity index (χ1v) is 14.0. The van der Waals surface area contributed by atoms with E-state index in [1.807, 2.05) is 25.1 Å². The third-order valence-corrected chi connectivity index (χ3v) is 7.59.